The van der Waals surface area contributed by atoms with Crippen molar-refractivity contribution in [2.45, 2.75) is 109 Å². The van der Waals surface area contributed by atoms with E-state index >= 15 is 0 Å². The lowest BCUT2D eigenvalue weighted by molar-refractivity contribution is -0.154. The average Bonchev–Trinajstić information content (AvgIpc) is 3.04. The van der Waals surface area contributed by atoms with Crippen LogP contribution in [0.2, 0.25) is 0 Å². The summed E-state index contributed by atoms with van der Waals surface area (Å²) in [5.74, 6) is 9.17. The van der Waals surface area contributed by atoms with Crippen LogP contribution in [0.1, 0.15) is 90.9 Å². The summed E-state index contributed by atoms with van der Waals surface area (Å²) >= 11 is 0. The van der Waals surface area contributed by atoms with E-state index in [-0.39, 0.29) is 17.8 Å². The SMILES string of the molecule is C[C@]12CC[C@H](O)C[C@@H]1CC[C@@H]1[C@@H]2CC[C@@]2(C)[C@H]1CC[C@@]2(O)C#CCOC1CCCCO1. The van der Waals surface area contributed by atoms with Gasteiger partial charge in [0.15, 0.2) is 6.29 Å². The van der Waals surface area contributed by atoms with Crippen molar-refractivity contribution in [3.05, 3.63) is 0 Å². The number of aliphatic hydroxyl groups is 2. The van der Waals surface area contributed by atoms with Crippen LogP contribution in [0.5, 0.6) is 0 Å². The van der Waals surface area contributed by atoms with Crippen molar-refractivity contribution < 1.29 is 19.7 Å². The Morgan fingerprint density at radius 3 is 2.61 bits per heavy atom. The molecule has 0 aromatic heterocycles. The zero-order valence-electron chi connectivity index (χ0n) is 19.6. The largest absolute Gasteiger partial charge is 0.393 e. The zero-order chi connectivity index (χ0) is 21.7. The molecule has 5 fully saturated rings. The number of ether oxygens (including phenoxy) is 2. The molecule has 31 heavy (non-hydrogen) atoms. The van der Waals surface area contributed by atoms with Crippen LogP contribution >= 0.6 is 0 Å². The van der Waals surface area contributed by atoms with E-state index in [1.807, 2.05) is 0 Å². The fraction of sp³-hybridized carbons (Fsp3) is 0.926. The van der Waals surface area contributed by atoms with Gasteiger partial charge < -0.3 is 19.7 Å². The van der Waals surface area contributed by atoms with Crippen LogP contribution in [0.3, 0.4) is 0 Å². The molecule has 4 heteroatoms. The predicted octanol–water partition coefficient (Wildman–Crippen LogP) is 4.67. The van der Waals surface area contributed by atoms with Crippen molar-refractivity contribution in [1.29, 1.82) is 0 Å². The first-order valence-corrected chi connectivity index (χ1v) is 13.0. The van der Waals surface area contributed by atoms with Crippen LogP contribution in [0.15, 0.2) is 0 Å². The second kappa shape index (κ2) is 8.32. The third kappa shape index (κ3) is 3.68. The summed E-state index contributed by atoms with van der Waals surface area (Å²) < 4.78 is 11.4. The van der Waals surface area contributed by atoms with Crippen LogP contribution in [-0.2, 0) is 9.47 Å². The molecule has 4 aliphatic carbocycles. The topological polar surface area (TPSA) is 58.9 Å². The minimum atomic E-state index is -0.889. The van der Waals surface area contributed by atoms with E-state index < -0.39 is 5.60 Å². The van der Waals surface area contributed by atoms with Crippen LogP contribution in [0, 0.1) is 46.3 Å². The molecule has 0 radical (unpaired) electrons. The van der Waals surface area contributed by atoms with Gasteiger partial charge in [0.05, 0.1) is 6.10 Å². The zero-order valence-corrected chi connectivity index (χ0v) is 19.6. The lowest BCUT2D eigenvalue weighted by Crippen LogP contribution is -2.56. The summed E-state index contributed by atoms with van der Waals surface area (Å²) in [6.07, 6.45) is 12.8. The predicted molar refractivity (Wildman–Crippen MR) is 120 cm³/mol. The number of hydrogen-bond acceptors (Lipinski definition) is 4. The fourth-order valence-electron chi connectivity index (χ4n) is 8.62. The Balaban J connectivity index is 1.28. The first-order chi connectivity index (χ1) is 14.9. The maximum atomic E-state index is 11.7. The van der Waals surface area contributed by atoms with E-state index in [2.05, 4.69) is 25.7 Å². The molecule has 2 N–H and O–H groups in total. The van der Waals surface area contributed by atoms with Gasteiger partial charge in [-0.3, -0.25) is 0 Å². The Hall–Kier alpha value is -0.600. The molecule has 5 aliphatic rings. The maximum Gasteiger partial charge on any atom is 0.158 e. The van der Waals surface area contributed by atoms with Crippen LogP contribution in [0.25, 0.3) is 0 Å². The molecule has 9 atom stereocenters. The van der Waals surface area contributed by atoms with E-state index in [1.165, 1.54) is 25.7 Å². The molecule has 0 bridgehead atoms. The fourth-order valence-corrected chi connectivity index (χ4v) is 8.62. The maximum absolute atomic E-state index is 11.7. The van der Waals surface area contributed by atoms with Crippen molar-refractivity contribution in [3.63, 3.8) is 0 Å². The smallest absolute Gasteiger partial charge is 0.158 e. The van der Waals surface area contributed by atoms with Gasteiger partial charge in [-0.15, -0.1) is 0 Å². The lowest BCUT2D eigenvalue weighted by atomic mass is 9.44. The molecule has 0 aromatic rings. The van der Waals surface area contributed by atoms with Gasteiger partial charge in [0.1, 0.15) is 12.2 Å². The summed E-state index contributed by atoms with van der Waals surface area (Å²) in [6, 6.07) is 0. The highest BCUT2D eigenvalue weighted by Gasteiger charge is 2.64. The Labute approximate surface area is 188 Å². The molecule has 1 unspecified atom stereocenters. The summed E-state index contributed by atoms with van der Waals surface area (Å²) in [5, 5.41) is 21.9. The highest BCUT2D eigenvalue weighted by molar-refractivity contribution is 5.26. The normalized spacial score (nSPS) is 51.7. The van der Waals surface area contributed by atoms with Crippen LogP contribution in [-0.4, -0.2) is 41.4 Å². The standard InChI is InChI=1S/C27H42O4/c1-25-13-9-20(28)18-19(25)7-8-21-22(25)10-14-26(2)23(21)11-15-27(26,29)12-5-17-31-24-6-3-4-16-30-24/h19-24,28-29H,3-4,6-11,13-18H2,1-2H3/t19-,20-,21+,22-,23-,24?,25-,26-,27-/m0/s1. The first kappa shape index (κ1) is 22.2. The van der Waals surface area contributed by atoms with Gasteiger partial charge in [0.2, 0.25) is 0 Å². The number of rotatable bonds is 2. The van der Waals surface area contributed by atoms with Crippen molar-refractivity contribution in [1.82, 2.24) is 0 Å². The molecular formula is C27H42O4. The molecule has 0 aromatic carbocycles. The second-order valence-electron chi connectivity index (χ2n) is 11.8. The minimum absolute atomic E-state index is 0.0865. The molecular weight excluding hydrogens is 388 g/mol. The van der Waals surface area contributed by atoms with Gasteiger partial charge in [0.25, 0.3) is 0 Å². The lowest BCUT2D eigenvalue weighted by Gasteiger charge is -2.61. The third-order valence-electron chi connectivity index (χ3n) is 10.6. The van der Waals surface area contributed by atoms with E-state index in [4.69, 9.17) is 9.47 Å². The molecule has 1 heterocycles. The van der Waals surface area contributed by atoms with Crippen molar-refractivity contribution in [3.8, 4) is 11.8 Å². The molecule has 1 saturated heterocycles. The van der Waals surface area contributed by atoms with E-state index in [1.54, 1.807) is 0 Å². The monoisotopic (exact) mass is 430 g/mol. The number of fused-ring (bicyclic) bond motifs is 5. The first-order valence-electron chi connectivity index (χ1n) is 13.0. The molecule has 0 amide bonds. The third-order valence-corrected chi connectivity index (χ3v) is 10.6. The van der Waals surface area contributed by atoms with Gasteiger partial charge in [-0.25, -0.2) is 0 Å². The van der Waals surface area contributed by atoms with Crippen LogP contribution < -0.4 is 0 Å². The highest BCUT2D eigenvalue weighted by atomic mass is 16.7. The Kier molecular flexibility index (Phi) is 5.96. The van der Waals surface area contributed by atoms with E-state index in [9.17, 15) is 10.2 Å². The molecule has 4 saturated carbocycles. The summed E-state index contributed by atoms with van der Waals surface area (Å²) in [4.78, 5) is 0. The molecule has 174 valence electrons. The minimum Gasteiger partial charge on any atom is -0.393 e. The van der Waals surface area contributed by atoms with E-state index in [0.29, 0.717) is 29.8 Å². The van der Waals surface area contributed by atoms with Crippen molar-refractivity contribution in [2.24, 2.45) is 34.5 Å². The number of hydrogen-bond donors (Lipinski definition) is 2. The molecule has 1 aliphatic heterocycles. The van der Waals surface area contributed by atoms with Gasteiger partial charge in [-0.05, 0) is 106 Å². The molecule has 0 spiro atoms. The van der Waals surface area contributed by atoms with Gasteiger partial charge in [0, 0.05) is 12.0 Å². The van der Waals surface area contributed by atoms with Crippen molar-refractivity contribution >= 4 is 0 Å². The second-order valence-corrected chi connectivity index (χ2v) is 11.8. The van der Waals surface area contributed by atoms with E-state index in [0.717, 1.165) is 63.9 Å². The van der Waals surface area contributed by atoms with Crippen LogP contribution in [0.4, 0.5) is 0 Å². The molecule has 4 nitrogen and oxygen atoms in total. The Morgan fingerprint density at radius 2 is 1.81 bits per heavy atom. The van der Waals surface area contributed by atoms with Gasteiger partial charge in [-0.1, -0.05) is 25.7 Å². The molecule has 5 rings (SSSR count). The number of aliphatic hydroxyl groups excluding tert-OH is 1. The average molecular weight is 431 g/mol. The summed E-state index contributed by atoms with van der Waals surface area (Å²) in [7, 11) is 0. The Bertz CT molecular complexity index is 720. The Morgan fingerprint density at radius 1 is 0.968 bits per heavy atom. The van der Waals surface area contributed by atoms with Crippen molar-refractivity contribution in [2.75, 3.05) is 13.2 Å². The van der Waals surface area contributed by atoms with Gasteiger partial charge in [-0.2, -0.15) is 0 Å². The summed E-state index contributed by atoms with van der Waals surface area (Å²) in [6.45, 7) is 5.97. The highest BCUT2D eigenvalue weighted by Crippen LogP contribution is 2.68. The van der Waals surface area contributed by atoms with Gasteiger partial charge >= 0.3 is 0 Å². The quantitative estimate of drug-likeness (QED) is 0.625. The summed E-state index contributed by atoms with van der Waals surface area (Å²) in [5.41, 5.74) is -0.622.